The Kier molecular flexibility index (Phi) is 42.2. The summed E-state index contributed by atoms with van der Waals surface area (Å²) in [6.45, 7) is 14.2. The van der Waals surface area contributed by atoms with Crippen LogP contribution in [0.3, 0.4) is 0 Å². The lowest BCUT2D eigenvalue weighted by Crippen LogP contribution is -2.53. The lowest BCUT2D eigenvalue weighted by atomic mass is 9.90. The lowest BCUT2D eigenvalue weighted by molar-refractivity contribution is -0.150. The summed E-state index contributed by atoms with van der Waals surface area (Å²) in [5, 5.41) is 2.94. The topological polar surface area (TPSA) is 105 Å². The molecule has 2 atom stereocenters. The first kappa shape index (κ1) is 62.9. The Morgan fingerprint density at radius 3 is 1.18 bits per heavy atom. The number of likely N-dealkylation sites (tertiary alicyclic amines) is 1. The van der Waals surface area contributed by atoms with Crippen LogP contribution in [0.25, 0.3) is 0 Å². The minimum Gasteiger partial charge on any atom is -0.465 e. The van der Waals surface area contributed by atoms with Gasteiger partial charge in [-0.2, -0.15) is 0 Å². The van der Waals surface area contributed by atoms with E-state index in [1.165, 1.54) is 103 Å². The van der Waals surface area contributed by atoms with Crippen molar-refractivity contribution in [3.05, 3.63) is 0 Å². The number of nitrogens with zero attached hydrogens (tertiary/aromatic N) is 2. The van der Waals surface area contributed by atoms with Gasteiger partial charge in [0, 0.05) is 19.0 Å². The van der Waals surface area contributed by atoms with Gasteiger partial charge in [0.05, 0.1) is 25.0 Å². The highest BCUT2D eigenvalue weighted by Crippen LogP contribution is 2.27. The number of nitrogens with one attached hydrogen (secondary N) is 1. The number of carbonyl (C=O) groups is 4. The van der Waals surface area contributed by atoms with Gasteiger partial charge in [-0.3, -0.25) is 19.3 Å². The quantitative estimate of drug-likeness (QED) is 0.0479. The molecule has 9 nitrogen and oxygen atoms in total. The second-order valence-electron chi connectivity index (χ2n) is 20.9. The second kappa shape index (κ2) is 45.0. The fraction of sp³-hybridized carbons (Fsp3) is 0.931. The summed E-state index contributed by atoms with van der Waals surface area (Å²) in [7, 11) is 2.11. The van der Waals surface area contributed by atoms with Gasteiger partial charge in [-0.15, -0.1) is 0 Å². The van der Waals surface area contributed by atoms with E-state index in [0.717, 1.165) is 154 Å². The first-order valence-electron chi connectivity index (χ1n) is 29.3. The van der Waals surface area contributed by atoms with Crippen LogP contribution in [0.5, 0.6) is 0 Å². The zero-order valence-corrected chi connectivity index (χ0v) is 45.3. The number of imide groups is 1. The van der Waals surface area contributed by atoms with Gasteiger partial charge in [0.2, 0.25) is 5.91 Å². The van der Waals surface area contributed by atoms with Crippen molar-refractivity contribution in [1.29, 1.82) is 0 Å². The van der Waals surface area contributed by atoms with Gasteiger partial charge in [0.25, 0.3) is 0 Å². The molecule has 0 aromatic carbocycles. The molecule has 9 heteroatoms. The maximum atomic E-state index is 14.0. The molecule has 1 heterocycles. The summed E-state index contributed by atoms with van der Waals surface area (Å²) in [4.78, 5) is 57.5. The number of unbranched alkanes of at least 4 members (excludes halogenated alkanes) is 24. The first-order chi connectivity index (χ1) is 32.7. The van der Waals surface area contributed by atoms with Crippen LogP contribution in [0.15, 0.2) is 0 Å². The third-order valence-electron chi connectivity index (χ3n) is 14.6. The van der Waals surface area contributed by atoms with E-state index in [2.05, 4.69) is 45.0 Å². The number of hydrogen-bond donors (Lipinski definition) is 1. The van der Waals surface area contributed by atoms with Crippen LogP contribution in [0, 0.1) is 17.8 Å². The fourth-order valence-electron chi connectivity index (χ4n) is 10.1. The Balaban J connectivity index is 2.65. The highest BCUT2D eigenvalue weighted by molar-refractivity contribution is 5.95. The van der Waals surface area contributed by atoms with E-state index in [1.54, 1.807) is 4.90 Å². The van der Waals surface area contributed by atoms with E-state index < -0.39 is 0 Å². The van der Waals surface area contributed by atoms with Crippen LogP contribution in [-0.2, 0) is 23.9 Å². The molecule has 1 aliphatic heterocycles. The fourth-order valence-corrected chi connectivity index (χ4v) is 10.1. The van der Waals surface area contributed by atoms with Crippen molar-refractivity contribution in [1.82, 2.24) is 15.1 Å². The Labute approximate surface area is 414 Å². The summed E-state index contributed by atoms with van der Waals surface area (Å²) >= 11 is 0. The van der Waals surface area contributed by atoms with E-state index >= 15 is 0 Å². The Morgan fingerprint density at radius 1 is 0.478 bits per heavy atom. The first-order valence-corrected chi connectivity index (χ1v) is 29.3. The molecule has 0 aliphatic carbocycles. The number of rotatable bonds is 46. The number of carbonyl (C=O) groups excluding carboxylic acids is 4. The molecule has 0 aromatic heterocycles. The molecule has 0 saturated carbocycles. The van der Waals surface area contributed by atoms with Crippen LogP contribution in [-0.4, -0.2) is 79.6 Å². The third kappa shape index (κ3) is 33.9. The van der Waals surface area contributed by atoms with Gasteiger partial charge < -0.3 is 19.7 Å². The molecule has 3 amide bonds. The lowest BCUT2D eigenvalue weighted by Gasteiger charge is -2.36. The monoisotopic (exact) mass is 946 g/mol. The standard InChI is InChI=1S/C58H111N3O6/c1-7-12-16-20-26-34-42-52(40-32-18-14-9-3)56(63)66-48-36-28-22-24-30-38-51(50-55(62)61(58(65)59-11-5)54-44-46-60(6)47-45-54)39-31-25-23-29-37-49-67-57(64)53(41-33-19-15-10-4)43-35-27-21-17-13-8-2/h51-54H,7-50H2,1-6H3,(H,59,65). The van der Waals surface area contributed by atoms with Crippen molar-refractivity contribution in [2.45, 2.75) is 291 Å². The van der Waals surface area contributed by atoms with Gasteiger partial charge in [-0.1, -0.05) is 207 Å². The van der Waals surface area contributed by atoms with Crippen molar-refractivity contribution < 1.29 is 28.7 Å². The SMILES string of the molecule is CCCCCCCCC(CCCCCC)C(=O)OCCCCCCCC(CCCCCCCOC(=O)C(CCCCCC)CCCCCCCC)CC(=O)N(C(=O)NCC)C1CCN(C)CC1. The Bertz CT molecular complexity index is 1120. The second-order valence-corrected chi connectivity index (χ2v) is 20.9. The van der Waals surface area contributed by atoms with Crippen LogP contribution >= 0.6 is 0 Å². The van der Waals surface area contributed by atoms with E-state index in [0.29, 0.717) is 26.2 Å². The minimum absolute atomic E-state index is 0.0190. The number of ether oxygens (including phenoxy) is 2. The van der Waals surface area contributed by atoms with Crippen molar-refractivity contribution in [3.8, 4) is 0 Å². The number of amides is 3. The molecular formula is C58H111N3O6. The molecule has 1 saturated heterocycles. The van der Waals surface area contributed by atoms with Crippen LogP contribution in [0.1, 0.15) is 285 Å². The van der Waals surface area contributed by atoms with Crippen molar-refractivity contribution >= 4 is 23.9 Å². The number of hydrogen-bond acceptors (Lipinski definition) is 7. The summed E-state index contributed by atoms with van der Waals surface area (Å²) < 4.78 is 11.7. The average Bonchev–Trinajstić information content (AvgIpc) is 3.32. The predicted octanol–water partition coefficient (Wildman–Crippen LogP) is 16.1. The molecule has 0 spiro atoms. The zero-order chi connectivity index (χ0) is 49.0. The highest BCUT2D eigenvalue weighted by atomic mass is 16.5. The van der Waals surface area contributed by atoms with Gasteiger partial charge in [-0.25, -0.2) is 4.79 Å². The maximum Gasteiger partial charge on any atom is 0.324 e. The predicted molar refractivity (Wildman–Crippen MR) is 282 cm³/mol. The normalized spacial score (nSPS) is 14.7. The maximum absolute atomic E-state index is 14.0. The number of piperidine rings is 1. The Hall–Kier alpha value is -2.16. The molecule has 0 aromatic rings. The smallest absolute Gasteiger partial charge is 0.324 e. The van der Waals surface area contributed by atoms with Crippen LogP contribution in [0.2, 0.25) is 0 Å². The minimum atomic E-state index is -0.238. The molecule has 0 radical (unpaired) electrons. The summed E-state index contributed by atoms with van der Waals surface area (Å²) in [6, 6.07) is -0.282. The largest absolute Gasteiger partial charge is 0.465 e. The molecule has 394 valence electrons. The average molecular weight is 947 g/mol. The Morgan fingerprint density at radius 2 is 0.806 bits per heavy atom. The van der Waals surface area contributed by atoms with Gasteiger partial charge in [0.15, 0.2) is 0 Å². The van der Waals surface area contributed by atoms with Crippen molar-refractivity contribution in [3.63, 3.8) is 0 Å². The van der Waals surface area contributed by atoms with E-state index in [-0.39, 0.29) is 47.7 Å². The van der Waals surface area contributed by atoms with Crippen LogP contribution in [0.4, 0.5) is 4.79 Å². The molecule has 1 N–H and O–H groups in total. The van der Waals surface area contributed by atoms with E-state index in [4.69, 9.17) is 9.47 Å². The summed E-state index contributed by atoms with van der Waals surface area (Å²) in [5.74, 6) is 0.391. The zero-order valence-electron chi connectivity index (χ0n) is 45.3. The molecule has 2 unspecified atom stereocenters. The molecule has 0 bridgehead atoms. The molecule has 67 heavy (non-hydrogen) atoms. The van der Waals surface area contributed by atoms with Crippen LogP contribution < -0.4 is 5.32 Å². The molecule has 1 rings (SSSR count). The summed E-state index contributed by atoms with van der Waals surface area (Å²) in [6.07, 6.45) is 42.9. The number of esters is 2. The highest BCUT2D eigenvalue weighted by Gasteiger charge is 2.33. The van der Waals surface area contributed by atoms with E-state index in [9.17, 15) is 19.2 Å². The van der Waals surface area contributed by atoms with Crippen molar-refractivity contribution in [2.24, 2.45) is 17.8 Å². The van der Waals surface area contributed by atoms with E-state index in [1.807, 2.05) is 6.92 Å². The van der Waals surface area contributed by atoms with Gasteiger partial charge >= 0.3 is 18.0 Å². The number of urea groups is 1. The van der Waals surface area contributed by atoms with Gasteiger partial charge in [0.1, 0.15) is 0 Å². The van der Waals surface area contributed by atoms with Gasteiger partial charge in [-0.05, 0) is 97.2 Å². The molecular weight excluding hydrogens is 835 g/mol. The molecule has 1 fully saturated rings. The van der Waals surface area contributed by atoms with Crippen molar-refractivity contribution in [2.75, 3.05) is 39.9 Å². The third-order valence-corrected chi connectivity index (χ3v) is 14.6. The molecule has 1 aliphatic rings. The summed E-state index contributed by atoms with van der Waals surface area (Å²) in [5.41, 5.74) is 0.